The van der Waals surface area contributed by atoms with Gasteiger partial charge in [0.05, 0.1) is 5.02 Å². The summed E-state index contributed by atoms with van der Waals surface area (Å²) in [6.45, 7) is 1.04. The van der Waals surface area contributed by atoms with Crippen molar-refractivity contribution in [3.8, 4) is 0 Å². The van der Waals surface area contributed by atoms with Crippen LogP contribution in [-0.2, 0) is 10.0 Å². The molecule has 28 heavy (non-hydrogen) atoms. The zero-order valence-corrected chi connectivity index (χ0v) is 17.8. The molecule has 3 aliphatic rings. The zero-order chi connectivity index (χ0) is 19.7. The number of benzene rings is 1. The summed E-state index contributed by atoms with van der Waals surface area (Å²) in [6, 6.07) is 5.36. The molecule has 1 amide bonds. The fourth-order valence-electron chi connectivity index (χ4n) is 4.57. The summed E-state index contributed by atoms with van der Waals surface area (Å²) < 4.78 is 28.0. The number of rotatable bonds is 5. The van der Waals surface area contributed by atoms with Crippen LogP contribution in [0, 0.1) is 0 Å². The predicted octanol–water partition coefficient (Wildman–Crippen LogP) is 4.45. The minimum absolute atomic E-state index is 0.0432. The number of carbonyl (C=O) groups excluding carboxylic acids is 1. The standard InChI is InChI=1S/C21H29ClN2O3S/c22-19-12-9-16(21(25)24(18-10-11-18)17-7-3-4-8-17)15-20(19)28(26,27)23-13-5-1-2-6-14-23/h9,12,15,17-18H,1-8,10-11,13-14H2. The molecule has 1 aromatic rings. The lowest BCUT2D eigenvalue weighted by Gasteiger charge is -2.29. The molecule has 0 N–H and O–H groups in total. The van der Waals surface area contributed by atoms with Crippen LogP contribution < -0.4 is 0 Å². The van der Waals surface area contributed by atoms with E-state index in [1.54, 1.807) is 12.1 Å². The van der Waals surface area contributed by atoms with Gasteiger partial charge in [-0.15, -0.1) is 0 Å². The molecule has 0 atom stereocenters. The number of carbonyl (C=O) groups is 1. The third-order valence-electron chi connectivity index (χ3n) is 6.25. The van der Waals surface area contributed by atoms with E-state index in [9.17, 15) is 13.2 Å². The molecular weight excluding hydrogens is 396 g/mol. The Kier molecular flexibility index (Phi) is 6.00. The molecule has 4 rings (SSSR count). The summed E-state index contributed by atoms with van der Waals surface area (Å²) >= 11 is 6.30. The molecule has 3 fully saturated rings. The topological polar surface area (TPSA) is 57.7 Å². The maximum atomic E-state index is 13.3. The highest BCUT2D eigenvalue weighted by molar-refractivity contribution is 7.89. The first-order valence-corrected chi connectivity index (χ1v) is 12.4. The number of hydrogen-bond donors (Lipinski definition) is 0. The summed E-state index contributed by atoms with van der Waals surface area (Å²) in [5.41, 5.74) is 0.441. The molecule has 0 bridgehead atoms. The molecule has 0 aromatic heterocycles. The van der Waals surface area contributed by atoms with Crippen molar-refractivity contribution < 1.29 is 13.2 Å². The fourth-order valence-corrected chi connectivity index (χ4v) is 6.59. The molecule has 7 heteroatoms. The summed E-state index contributed by atoms with van der Waals surface area (Å²) in [5.74, 6) is -0.0432. The summed E-state index contributed by atoms with van der Waals surface area (Å²) in [7, 11) is -3.69. The Labute approximate surface area is 173 Å². The first-order chi connectivity index (χ1) is 13.5. The number of amides is 1. The highest BCUT2D eigenvalue weighted by Crippen LogP contribution is 2.36. The second kappa shape index (κ2) is 8.33. The zero-order valence-electron chi connectivity index (χ0n) is 16.3. The molecule has 0 radical (unpaired) electrons. The lowest BCUT2D eigenvalue weighted by Crippen LogP contribution is -2.40. The molecule has 2 aliphatic carbocycles. The van der Waals surface area contributed by atoms with Gasteiger partial charge in [0, 0.05) is 30.7 Å². The van der Waals surface area contributed by atoms with Gasteiger partial charge in [-0.3, -0.25) is 4.79 Å². The van der Waals surface area contributed by atoms with Crippen molar-refractivity contribution in [2.75, 3.05) is 13.1 Å². The Morgan fingerprint density at radius 2 is 1.54 bits per heavy atom. The van der Waals surface area contributed by atoms with Gasteiger partial charge in [-0.05, 0) is 56.7 Å². The Hall–Kier alpha value is -1.11. The van der Waals surface area contributed by atoms with Crippen LogP contribution >= 0.6 is 11.6 Å². The van der Waals surface area contributed by atoms with Gasteiger partial charge >= 0.3 is 0 Å². The molecule has 154 valence electrons. The second-order valence-electron chi connectivity index (χ2n) is 8.35. The quantitative estimate of drug-likeness (QED) is 0.701. The molecule has 0 unspecified atom stereocenters. The van der Waals surface area contributed by atoms with Crippen molar-refractivity contribution in [3.05, 3.63) is 28.8 Å². The van der Waals surface area contributed by atoms with Crippen molar-refractivity contribution in [3.63, 3.8) is 0 Å². The summed E-state index contributed by atoms with van der Waals surface area (Å²) in [5, 5.41) is 0.194. The Morgan fingerprint density at radius 3 is 2.14 bits per heavy atom. The molecule has 1 saturated heterocycles. The van der Waals surface area contributed by atoms with Crippen LogP contribution in [0.1, 0.15) is 74.6 Å². The van der Waals surface area contributed by atoms with Gasteiger partial charge in [0.15, 0.2) is 0 Å². The van der Waals surface area contributed by atoms with E-state index in [0.29, 0.717) is 30.7 Å². The van der Waals surface area contributed by atoms with Gasteiger partial charge in [-0.2, -0.15) is 4.31 Å². The van der Waals surface area contributed by atoms with Crippen molar-refractivity contribution >= 4 is 27.5 Å². The molecule has 0 spiro atoms. The van der Waals surface area contributed by atoms with Gasteiger partial charge in [-0.1, -0.05) is 37.3 Å². The minimum atomic E-state index is -3.69. The number of sulfonamides is 1. The predicted molar refractivity (Wildman–Crippen MR) is 110 cm³/mol. The normalized spacial score (nSPS) is 22.2. The van der Waals surface area contributed by atoms with Crippen LogP contribution in [0.3, 0.4) is 0 Å². The van der Waals surface area contributed by atoms with E-state index >= 15 is 0 Å². The summed E-state index contributed by atoms with van der Waals surface area (Å²) in [6.07, 6.45) is 10.4. The van der Waals surface area contributed by atoms with Crippen LogP contribution in [0.15, 0.2) is 23.1 Å². The van der Waals surface area contributed by atoms with Gasteiger partial charge in [0.1, 0.15) is 4.90 Å². The molecule has 1 aliphatic heterocycles. The third-order valence-corrected chi connectivity index (χ3v) is 8.63. The van der Waals surface area contributed by atoms with E-state index in [1.807, 2.05) is 4.90 Å². The van der Waals surface area contributed by atoms with Crippen LogP contribution in [0.5, 0.6) is 0 Å². The first-order valence-electron chi connectivity index (χ1n) is 10.6. The minimum Gasteiger partial charge on any atom is -0.333 e. The van der Waals surface area contributed by atoms with E-state index in [2.05, 4.69) is 0 Å². The van der Waals surface area contributed by atoms with Crippen molar-refractivity contribution in [2.45, 2.75) is 81.2 Å². The maximum absolute atomic E-state index is 13.3. The van der Waals surface area contributed by atoms with Gasteiger partial charge in [0.25, 0.3) is 5.91 Å². The lowest BCUT2D eigenvalue weighted by atomic mass is 10.1. The maximum Gasteiger partial charge on any atom is 0.254 e. The van der Waals surface area contributed by atoms with Crippen molar-refractivity contribution in [2.24, 2.45) is 0 Å². The van der Waals surface area contributed by atoms with E-state index in [-0.39, 0.29) is 15.8 Å². The van der Waals surface area contributed by atoms with Crippen LogP contribution in [0.4, 0.5) is 0 Å². The number of hydrogen-bond acceptors (Lipinski definition) is 3. The molecule has 2 saturated carbocycles. The Balaban J connectivity index is 1.63. The van der Waals surface area contributed by atoms with Crippen molar-refractivity contribution in [1.29, 1.82) is 0 Å². The Morgan fingerprint density at radius 1 is 0.929 bits per heavy atom. The average Bonchev–Trinajstić information content (AvgIpc) is 3.43. The fraction of sp³-hybridized carbons (Fsp3) is 0.667. The first kappa shape index (κ1) is 20.2. The molecule has 5 nitrogen and oxygen atoms in total. The van der Waals surface area contributed by atoms with Crippen molar-refractivity contribution in [1.82, 2.24) is 9.21 Å². The Bertz CT molecular complexity index is 824. The van der Waals surface area contributed by atoms with Crippen LogP contribution in [-0.4, -0.2) is 48.7 Å². The van der Waals surface area contributed by atoms with Gasteiger partial charge in [0.2, 0.25) is 10.0 Å². The van der Waals surface area contributed by atoms with Crippen LogP contribution in [0.25, 0.3) is 0 Å². The molecular formula is C21H29ClN2O3S. The summed E-state index contributed by atoms with van der Waals surface area (Å²) in [4.78, 5) is 15.4. The average molecular weight is 425 g/mol. The molecule has 1 heterocycles. The van der Waals surface area contributed by atoms with Crippen LogP contribution in [0.2, 0.25) is 5.02 Å². The van der Waals surface area contributed by atoms with Gasteiger partial charge < -0.3 is 4.90 Å². The highest BCUT2D eigenvalue weighted by atomic mass is 35.5. The smallest absolute Gasteiger partial charge is 0.254 e. The van der Waals surface area contributed by atoms with E-state index in [1.165, 1.54) is 10.4 Å². The largest absolute Gasteiger partial charge is 0.333 e. The van der Waals surface area contributed by atoms with E-state index in [4.69, 9.17) is 11.6 Å². The molecule has 1 aromatic carbocycles. The lowest BCUT2D eigenvalue weighted by molar-refractivity contribution is 0.0664. The third kappa shape index (κ3) is 4.10. The van der Waals surface area contributed by atoms with E-state index < -0.39 is 10.0 Å². The number of halogens is 1. The second-order valence-corrected chi connectivity index (χ2v) is 10.7. The highest BCUT2D eigenvalue weighted by Gasteiger charge is 2.39. The van der Waals surface area contributed by atoms with Gasteiger partial charge in [-0.25, -0.2) is 8.42 Å². The monoisotopic (exact) mass is 424 g/mol. The SMILES string of the molecule is O=C(c1ccc(Cl)c(S(=O)(=O)N2CCCCCC2)c1)N(C1CCCC1)C1CC1. The van der Waals surface area contributed by atoms with E-state index in [0.717, 1.165) is 64.2 Å². The number of nitrogens with zero attached hydrogens (tertiary/aromatic N) is 2.